The van der Waals surface area contributed by atoms with Crippen LogP contribution in [0.3, 0.4) is 0 Å². The van der Waals surface area contributed by atoms with Crippen molar-refractivity contribution in [2.45, 2.75) is 39.0 Å². The van der Waals surface area contributed by atoms with Crippen molar-refractivity contribution in [3.05, 3.63) is 11.8 Å². The minimum absolute atomic E-state index is 0.200. The van der Waals surface area contributed by atoms with Crippen LogP contribution in [0.15, 0.2) is 11.8 Å². The zero-order chi connectivity index (χ0) is 9.26. The molecule has 0 spiro atoms. The Morgan fingerprint density at radius 2 is 2.08 bits per heavy atom. The predicted octanol–water partition coefficient (Wildman–Crippen LogP) is 2.64. The van der Waals surface area contributed by atoms with Gasteiger partial charge < -0.3 is 4.74 Å². The SMILES string of the molecule is CC(=O)OC=C1CC2CCC1CC2. The van der Waals surface area contributed by atoms with E-state index in [2.05, 4.69) is 0 Å². The molecule has 0 unspecified atom stereocenters. The second kappa shape index (κ2) is 3.52. The van der Waals surface area contributed by atoms with Gasteiger partial charge in [0.05, 0.1) is 6.26 Å². The van der Waals surface area contributed by atoms with Crippen molar-refractivity contribution in [2.24, 2.45) is 11.8 Å². The smallest absolute Gasteiger partial charge is 0.307 e. The van der Waals surface area contributed by atoms with Crippen LogP contribution in [0.1, 0.15) is 39.0 Å². The highest BCUT2D eigenvalue weighted by Crippen LogP contribution is 2.44. The van der Waals surface area contributed by atoms with Gasteiger partial charge in [0, 0.05) is 6.92 Å². The maximum Gasteiger partial charge on any atom is 0.307 e. The molecule has 0 aliphatic heterocycles. The molecule has 3 fully saturated rings. The fourth-order valence-electron chi connectivity index (χ4n) is 2.54. The predicted molar refractivity (Wildman–Crippen MR) is 49.9 cm³/mol. The third kappa shape index (κ3) is 1.93. The van der Waals surface area contributed by atoms with Crippen LogP contribution in [0.4, 0.5) is 0 Å². The minimum atomic E-state index is -0.200. The highest BCUT2D eigenvalue weighted by atomic mass is 16.5. The standard InChI is InChI=1S/C11H16O2/c1-8(12)13-7-11-6-9-2-4-10(11)5-3-9/h7,9-10H,2-6H2,1H3. The van der Waals surface area contributed by atoms with Gasteiger partial charge in [0.15, 0.2) is 0 Å². The molecule has 2 nitrogen and oxygen atoms in total. The van der Waals surface area contributed by atoms with E-state index in [0.717, 1.165) is 12.3 Å². The molecule has 3 aliphatic carbocycles. The Kier molecular flexibility index (Phi) is 2.38. The summed E-state index contributed by atoms with van der Waals surface area (Å²) < 4.78 is 4.93. The largest absolute Gasteiger partial charge is 0.435 e. The molecule has 2 bridgehead atoms. The number of carbonyl (C=O) groups excluding carboxylic acids is 1. The number of allylic oxidation sites excluding steroid dienone is 1. The Hall–Kier alpha value is -0.790. The molecule has 0 aromatic rings. The average molecular weight is 180 g/mol. The Bertz CT molecular complexity index is 234. The van der Waals surface area contributed by atoms with Gasteiger partial charge in [0.1, 0.15) is 0 Å². The Balaban J connectivity index is 2.00. The van der Waals surface area contributed by atoms with E-state index < -0.39 is 0 Å². The summed E-state index contributed by atoms with van der Waals surface area (Å²) in [7, 11) is 0. The number of ether oxygens (including phenoxy) is 1. The fourth-order valence-corrected chi connectivity index (χ4v) is 2.54. The second-order valence-electron chi connectivity index (χ2n) is 4.22. The number of carbonyl (C=O) groups is 1. The van der Waals surface area contributed by atoms with Gasteiger partial charge >= 0.3 is 5.97 Å². The van der Waals surface area contributed by atoms with Crippen molar-refractivity contribution in [3.63, 3.8) is 0 Å². The van der Waals surface area contributed by atoms with Gasteiger partial charge in [-0.2, -0.15) is 0 Å². The molecule has 0 atom stereocenters. The van der Waals surface area contributed by atoms with E-state index in [9.17, 15) is 4.79 Å². The topological polar surface area (TPSA) is 26.3 Å². The lowest BCUT2D eigenvalue weighted by Gasteiger charge is -2.37. The maximum absolute atomic E-state index is 10.6. The monoisotopic (exact) mass is 180 g/mol. The molecule has 13 heavy (non-hydrogen) atoms. The van der Waals surface area contributed by atoms with Crippen molar-refractivity contribution in [1.29, 1.82) is 0 Å². The molecular formula is C11H16O2. The molecule has 0 aromatic heterocycles. The summed E-state index contributed by atoms with van der Waals surface area (Å²) in [4.78, 5) is 10.6. The lowest BCUT2D eigenvalue weighted by molar-refractivity contribution is -0.135. The van der Waals surface area contributed by atoms with Gasteiger partial charge in [-0.05, 0) is 49.5 Å². The van der Waals surface area contributed by atoms with E-state index in [1.54, 1.807) is 6.26 Å². The molecule has 0 aromatic carbocycles. The molecule has 0 amide bonds. The minimum Gasteiger partial charge on any atom is -0.435 e. The fraction of sp³-hybridized carbons (Fsp3) is 0.727. The van der Waals surface area contributed by atoms with E-state index in [1.807, 2.05) is 0 Å². The lowest BCUT2D eigenvalue weighted by atomic mass is 9.68. The van der Waals surface area contributed by atoms with Crippen LogP contribution in [-0.4, -0.2) is 5.97 Å². The number of hydrogen-bond donors (Lipinski definition) is 0. The van der Waals surface area contributed by atoms with Crippen LogP contribution in [0.25, 0.3) is 0 Å². The maximum atomic E-state index is 10.6. The van der Waals surface area contributed by atoms with Crippen molar-refractivity contribution in [2.75, 3.05) is 0 Å². The number of hydrogen-bond acceptors (Lipinski definition) is 2. The number of rotatable bonds is 1. The summed E-state index contributed by atoms with van der Waals surface area (Å²) >= 11 is 0. The molecule has 0 radical (unpaired) electrons. The number of esters is 1. The van der Waals surface area contributed by atoms with Crippen LogP contribution < -0.4 is 0 Å². The first-order chi connectivity index (χ1) is 6.25. The van der Waals surface area contributed by atoms with Gasteiger partial charge in [-0.3, -0.25) is 4.79 Å². The molecule has 2 heteroatoms. The van der Waals surface area contributed by atoms with Gasteiger partial charge in [0.25, 0.3) is 0 Å². The van der Waals surface area contributed by atoms with E-state index >= 15 is 0 Å². The van der Waals surface area contributed by atoms with Crippen molar-refractivity contribution in [3.8, 4) is 0 Å². The molecule has 0 saturated heterocycles. The molecule has 0 N–H and O–H groups in total. The summed E-state index contributed by atoms with van der Waals surface area (Å²) in [5.41, 5.74) is 1.37. The van der Waals surface area contributed by atoms with Crippen LogP contribution >= 0.6 is 0 Å². The van der Waals surface area contributed by atoms with Crippen LogP contribution in [-0.2, 0) is 9.53 Å². The Morgan fingerprint density at radius 1 is 1.38 bits per heavy atom. The van der Waals surface area contributed by atoms with E-state index in [-0.39, 0.29) is 5.97 Å². The Morgan fingerprint density at radius 3 is 2.54 bits per heavy atom. The first kappa shape index (κ1) is 8.79. The molecule has 0 heterocycles. The summed E-state index contributed by atoms with van der Waals surface area (Å²) in [5, 5.41) is 0. The first-order valence-corrected chi connectivity index (χ1v) is 5.12. The highest BCUT2D eigenvalue weighted by molar-refractivity contribution is 5.66. The average Bonchev–Trinajstić information content (AvgIpc) is 2.17. The van der Waals surface area contributed by atoms with Gasteiger partial charge in [-0.1, -0.05) is 0 Å². The van der Waals surface area contributed by atoms with Crippen molar-refractivity contribution < 1.29 is 9.53 Å². The highest BCUT2D eigenvalue weighted by Gasteiger charge is 2.31. The third-order valence-electron chi connectivity index (χ3n) is 3.27. The van der Waals surface area contributed by atoms with Crippen LogP contribution in [0.2, 0.25) is 0 Å². The quantitative estimate of drug-likeness (QED) is 0.458. The van der Waals surface area contributed by atoms with E-state index in [4.69, 9.17) is 4.74 Å². The normalized spacial score (nSPS) is 35.0. The van der Waals surface area contributed by atoms with Crippen LogP contribution in [0, 0.1) is 11.8 Å². The molecule has 72 valence electrons. The zero-order valence-corrected chi connectivity index (χ0v) is 8.08. The number of fused-ring (bicyclic) bond motifs is 3. The summed E-state index contributed by atoms with van der Waals surface area (Å²) in [5.74, 6) is 1.38. The first-order valence-electron chi connectivity index (χ1n) is 5.12. The van der Waals surface area contributed by atoms with Gasteiger partial charge in [-0.15, -0.1) is 0 Å². The zero-order valence-electron chi connectivity index (χ0n) is 8.08. The summed E-state index contributed by atoms with van der Waals surface area (Å²) in [6.07, 6.45) is 8.23. The van der Waals surface area contributed by atoms with Crippen molar-refractivity contribution in [1.82, 2.24) is 0 Å². The second-order valence-corrected chi connectivity index (χ2v) is 4.22. The summed E-state index contributed by atoms with van der Waals surface area (Å²) in [6, 6.07) is 0. The molecule has 3 aliphatic rings. The van der Waals surface area contributed by atoms with Crippen LogP contribution in [0.5, 0.6) is 0 Å². The molecule has 3 rings (SSSR count). The van der Waals surface area contributed by atoms with Gasteiger partial charge in [0.2, 0.25) is 0 Å². The van der Waals surface area contributed by atoms with E-state index in [1.165, 1.54) is 38.2 Å². The molecule has 3 saturated carbocycles. The molecular weight excluding hydrogens is 164 g/mol. The van der Waals surface area contributed by atoms with E-state index in [0.29, 0.717) is 5.92 Å². The summed E-state index contributed by atoms with van der Waals surface area (Å²) in [6.45, 7) is 1.46. The van der Waals surface area contributed by atoms with Gasteiger partial charge in [-0.25, -0.2) is 0 Å². The third-order valence-corrected chi connectivity index (χ3v) is 3.27. The van der Waals surface area contributed by atoms with Crippen molar-refractivity contribution >= 4 is 5.97 Å². The Labute approximate surface area is 79.0 Å². The lowest BCUT2D eigenvalue weighted by Crippen LogP contribution is -2.24.